The van der Waals surface area contributed by atoms with Gasteiger partial charge in [0.1, 0.15) is 11.4 Å². The summed E-state index contributed by atoms with van der Waals surface area (Å²) in [4.78, 5) is 26.2. The van der Waals surface area contributed by atoms with Crippen molar-refractivity contribution in [2.45, 2.75) is 58.2 Å². The molecule has 0 radical (unpaired) electrons. The van der Waals surface area contributed by atoms with Crippen molar-refractivity contribution in [1.82, 2.24) is 14.5 Å². The molecule has 3 aromatic rings. The van der Waals surface area contributed by atoms with Crippen LogP contribution in [0.15, 0.2) is 27.5 Å². The molecule has 4 rings (SSSR count). The number of ether oxygens (including phenoxy) is 1. The van der Waals surface area contributed by atoms with Crippen molar-refractivity contribution >= 4 is 11.6 Å². The van der Waals surface area contributed by atoms with Crippen LogP contribution in [-0.2, 0) is 13.2 Å². The smallest absolute Gasteiger partial charge is 0.417 e. The highest BCUT2D eigenvalue weighted by Crippen LogP contribution is 2.40. The summed E-state index contributed by atoms with van der Waals surface area (Å²) in [5.74, 6) is -0.888. The highest BCUT2D eigenvalue weighted by molar-refractivity contribution is 6.04. The van der Waals surface area contributed by atoms with Gasteiger partial charge in [-0.05, 0) is 44.9 Å². The van der Waals surface area contributed by atoms with E-state index in [1.165, 1.54) is 26.2 Å². The lowest BCUT2D eigenvalue weighted by Gasteiger charge is -2.24. The molecule has 0 saturated heterocycles. The number of rotatable bonds is 5. The molecule has 11 heteroatoms. The largest absolute Gasteiger partial charge is 0.497 e. The molecule has 188 valence electrons. The first kappa shape index (κ1) is 24.6. The second kappa shape index (κ2) is 9.27. The predicted molar refractivity (Wildman–Crippen MR) is 123 cm³/mol. The van der Waals surface area contributed by atoms with E-state index in [1.807, 2.05) is 0 Å². The van der Waals surface area contributed by atoms with Gasteiger partial charge in [-0.15, -0.1) is 0 Å². The normalized spacial score (nSPS) is 14.8. The molecule has 2 heterocycles. The van der Waals surface area contributed by atoms with E-state index in [0.29, 0.717) is 5.69 Å². The fraction of sp³-hybridized carbons (Fsp3) is 0.458. The van der Waals surface area contributed by atoms with Crippen LogP contribution >= 0.6 is 0 Å². The zero-order chi connectivity index (χ0) is 25.5. The number of amides is 1. The summed E-state index contributed by atoms with van der Waals surface area (Å²) in [5.41, 5.74) is -0.941. The Kier molecular flexibility index (Phi) is 6.52. The van der Waals surface area contributed by atoms with Crippen LogP contribution in [0.4, 0.5) is 18.9 Å². The minimum Gasteiger partial charge on any atom is -0.497 e. The molecule has 0 aliphatic heterocycles. The number of nitrogens with zero attached hydrogens (tertiary/aromatic N) is 3. The third-order valence-corrected chi connectivity index (χ3v) is 6.67. The summed E-state index contributed by atoms with van der Waals surface area (Å²) in [7, 11) is 3.04. The molecule has 1 aliphatic rings. The van der Waals surface area contributed by atoms with Crippen LogP contribution in [0.2, 0.25) is 0 Å². The number of halogens is 3. The Labute approximate surface area is 199 Å². The van der Waals surface area contributed by atoms with E-state index in [4.69, 9.17) is 9.26 Å². The summed E-state index contributed by atoms with van der Waals surface area (Å²) in [6, 6.07) is 3.49. The second-order valence-electron chi connectivity index (χ2n) is 8.77. The van der Waals surface area contributed by atoms with Crippen molar-refractivity contribution in [3.63, 3.8) is 0 Å². The van der Waals surface area contributed by atoms with Gasteiger partial charge in [-0.1, -0.05) is 24.4 Å². The van der Waals surface area contributed by atoms with Crippen molar-refractivity contribution in [1.29, 1.82) is 0 Å². The number of carbonyl (C=O) groups is 1. The van der Waals surface area contributed by atoms with Crippen LogP contribution in [0.5, 0.6) is 5.75 Å². The van der Waals surface area contributed by atoms with Gasteiger partial charge in [-0.2, -0.15) is 13.2 Å². The number of benzene rings is 1. The van der Waals surface area contributed by atoms with Crippen molar-refractivity contribution in [2.75, 3.05) is 12.4 Å². The number of hydrogen-bond donors (Lipinski definition) is 1. The molecule has 0 spiro atoms. The maximum atomic E-state index is 13.7. The van der Waals surface area contributed by atoms with Crippen molar-refractivity contribution in [3.05, 3.63) is 51.1 Å². The Bertz CT molecular complexity index is 1310. The number of hydrogen-bond acceptors (Lipinski definition) is 5. The SMILES string of the molecule is COc1ccc(-c2onc(C(=O)Nc3c(C)n(C)n(C4CCCCC4)c3=O)c2C)c(C(F)(F)F)c1. The highest BCUT2D eigenvalue weighted by Gasteiger charge is 2.36. The first-order valence-corrected chi connectivity index (χ1v) is 11.4. The fourth-order valence-electron chi connectivity index (χ4n) is 4.66. The minimum atomic E-state index is -4.68. The van der Waals surface area contributed by atoms with Gasteiger partial charge in [0.15, 0.2) is 11.5 Å². The van der Waals surface area contributed by atoms with Gasteiger partial charge in [0.05, 0.1) is 24.4 Å². The Hall–Kier alpha value is -3.50. The first-order chi connectivity index (χ1) is 16.5. The van der Waals surface area contributed by atoms with Gasteiger partial charge in [-0.25, -0.2) is 4.68 Å². The summed E-state index contributed by atoms with van der Waals surface area (Å²) in [5, 5.41) is 6.34. The van der Waals surface area contributed by atoms with Crippen molar-refractivity contribution in [3.8, 4) is 17.1 Å². The van der Waals surface area contributed by atoms with E-state index in [9.17, 15) is 22.8 Å². The van der Waals surface area contributed by atoms with Gasteiger partial charge in [0.25, 0.3) is 11.5 Å². The number of anilines is 1. The van der Waals surface area contributed by atoms with Crippen LogP contribution in [0, 0.1) is 13.8 Å². The molecule has 0 atom stereocenters. The quantitative estimate of drug-likeness (QED) is 0.526. The maximum absolute atomic E-state index is 13.7. The number of methoxy groups -OCH3 is 1. The van der Waals surface area contributed by atoms with Crippen LogP contribution in [0.1, 0.15) is 65.5 Å². The Morgan fingerprint density at radius 1 is 1.20 bits per heavy atom. The number of aromatic nitrogens is 3. The van der Waals surface area contributed by atoms with E-state index < -0.39 is 17.6 Å². The van der Waals surface area contributed by atoms with Gasteiger partial charge in [0.2, 0.25) is 0 Å². The Balaban J connectivity index is 1.67. The number of alkyl halides is 3. The van der Waals surface area contributed by atoms with Crippen molar-refractivity contribution < 1.29 is 27.2 Å². The molecule has 35 heavy (non-hydrogen) atoms. The molecular formula is C24H27F3N4O4. The lowest BCUT2D eigenvalue weighted by Crippen LogP contribution is -2.29. The van der Waals surface area contributed by atoms with E-state index in [0.717, 1.165) is 38.2 Å². The number of nitrogens with one attached hydrogen (secondary N) is 1. The highest BCUT2D eigenvalue weighted by atomic mass is 19.4. The summed E-state index contributed by atoms with van der Waals surface area (Å²) in [6.45, 7) is 3.17. The van der Waals surface area contributed by atoms with Crippen LogP contribution in [-0.4, -0.2) is 27.5 Å². The van der Waals surface area contributed by atoms with E-state index in [-0.39, 0.29) is 45.6 Å². The minimum absolute atomic E-state index is 0.0324. The summed E-state index contributed by atoms with van der Waals surface area (Å²) < 4.78 is 54.6. The second-order valence-corrected chi connectivity index (χ2v) is 8.77. The molecule has 1 N–H and O–H groups in total. The number of carbonyl (C=O) groups excluding carboxylic acids is 1. The van der Waals surface area contributed by atoms with Crippen LogP contribution in [0.3, 0.4) is 0 Å². The maximum Gasteiger partial charge on any atom is 0.417 e. The Morgan fingerprint density at radius 2 is 1.89 bits per heavy atom. The zero-order valence-corrected chi connectivity index (χ0v) is 20.0. The molecule has 0 bridgehead atoms. The molecule has 1 aromatic carbocycles. The van der Waals surface area contributed by atoms with Crippen LogP contribution in [0.25, 0.3) is 11.3 Å². The standard InChI is InChI=1S/C24H27F3N4O4/c1-13-19(29-35-21(13)17-11-10-16(34-4)12-18(17)24(25,26)27)22(32)28-20-14(2)30(3)31(23(20)33)15-8-6-5-7-9-15/h10-12,15H,5-9H2,1-4H3,(H,28,32). The van der Waals surface area contributed by atoms with Crippen LogP contribution < -0.4 is 15.6 Å². The lowest BCUT2D eigenvalue weighted by molar-refractivity contribution is -0.137. The average Bonchev–Trinajstić information content (AvgIpc) is 3.31. The van der Waals surface area contributed by atoms with E-state index in [1.54, 1.807) is 23.3 Å². The molecule has 1 aliphatic carbocycles. The molecule has 1 saturated carbocycles. The molecule has 1 amide bonds. The summed E-state index contributed by atoms with van der Waals surface area (Å²) >= 11 is 0. The topological polar surface area (TPSA) is 91.3 Å². The van der Waals surface area contributed by atoms with Gasteiger partial charge in [0, 0.05) is 18.2 Å². The van der Waals surface area contributed by atoms with Gasteiger partial charge < -0.3 is 14.6 Å². The zero-order valence-electron chi connectivity index (χ0n) is 20.0. The molecule has 8 nitrogen and oxygen atoms in total. The molecular weight excluding hydrogens is 465 g/mol. The third-order valence-electron chi connectivity index (χ3n) is 6.67. The van der Waals surface area contributed by atoms with E-state index >= 15 is 0 Å². The van der Waals surface area contributed by atoms with E-state index in [2.05, 4.69) is 10.5 Å². The molecule has 1 fully saturated rings. The fourth-order valence-corrected chi connectivity index (χ4v) is 4.66. The first-order valence-electron chi connectivity index (χ1n) is 11.4. The average molecular weight is 492 g/mol. The van der Waals surface area contributed by atoms with Gasteiger partial charge in [-0.3, -0.25) is 14.3 Å². The van der Waals surface area contributed by atoms with Crippen molar-refractivity contribution in [2.24, 2.45) is 7.05 Å². The van der Waals surface area contributed by atoms with Gasteiger partial charge >= 0.3 is 6.18 Å². The predicted octanol–water partition coefficient (Wildman–Crippen LogP) is 5.24. The summed E-state index contributed by atoms with van der Waals surface area (Å²) in [6.07, 6.45) is 0.303. The molecule has 2 aromatic heterocycles. The monoisotopic (exact) mass is 492 g/mol. The lowest BCUT2D eigenvalue weighted by atomic mass is 9.96. The molecule has 0 unspecified atom stereocenters. The third kappa shape index (κ3) is 4.46. The Morgan fingerprint density at radius 3 is 2.51 bits per heavy atom.